The van der Waals surface area contributed by atoms with Crippen molar-refractivity contribution in [1.82, 2.24) is 21.6 Å². The van der Waals surface area contributed by atoms with Crippen LogP contribution in [0.1, 0.15) is 59.3 Å². The van der Waals surface area contributed by atoms with Gasteiger partial charge < -0.3 is 45.1 Å². The first kappa shape index (κ1) is 35.7. The Labute approximate surface area is 243 Å². The summed E-state index contributed by atoms with van der Waals surface area (Å²) >= 11 is 0. The minimum absolute atomic E-state index is 0.0465. The molecule has 10 atom stereocenters. The number of unbranched alkanes of at least 4 members (excludes halogenated alkanes) is 1. The van der Waals surface area contributed by atoms with Crippen LogP contribution in [0.25, 0.3) is 0 Å². The van der Waals surface area contributed by atoms with Gasteiger partial charge in [-0.2, -0.15) is 0 Å². The molecule has 0 aliphatic carbocycles. The van der Waals surface area contributed by atoms with Crippen molar-refractivity contribution in [3.05, 3.63) is 0 Å². The van der Waals surface area contributed by atoms with Gasteiger partial charge in [0, 0.05) is 19.8 Å². The fraction of sp³-hybridized carbons (Fsp3) is 0.840. The number of rotatable bonds is 13. The SMILES string of the molecule is CCC(CC)C1OC(CO)C(O)C(OC2OC(C(=O)NNC(=O)CCCCC(=O)NN)C(O)C(O)C2O)C1NC(C)=O. The number of aliphatic hydroxyl groups is 5. The summed E-state index contributed by atoms with van der Waals surface area (Å²) in [6, 6.07) is -0.979. The Morgan fingerprint density at radius 1 is 0.881 bits per heavy atom. The largest absolute Gasteiger partial charge is 0.394 e. The van der Waals surface area contributed by atoms with Crippen LogP contribution in [0.15, 0.2) is 0 Å². The Balaban J connectivity index is 2.15. The smallest absolute Gasteiger partial charge is 0.270 e. The van der Waals surface area contributed by atoms with E-state index in [9.17, 15) is 44.7 Å². The van der Waals surface area contributed by atoms with E-state index in [1.165, 1.54) is 6.92 Å². The number of nitrogens with two attached hydrogens (primary N) is 1. The maximum absolute atomic E-state index is 12.8. The number of hydrogen-bond acceptors (Lipinski definition) is 13. The van der Waals surface area contributed by atoms with Crippen LogP contribution in [0.5, 0.6) is 0 Å². The summed E-state index contributed by atoms with van der Waals surface area (Å²) in [5.41, 5.74) is 6.17. The van der Waals surface area contributed by atoms with Crippen molar-refractivity contribution >= 4 is 23.6 Å². The summed E-state index contributed by atoms with van der Waals surface area (Å²) in [4.78, 5) is 48.1. The van der Waals surface area contributed by atoms with Gasteiger partial charge in [0.2, 0.25) is 17.7 Å². The monoisotopic (exact) mass is 607 g/mol. The van der Waals surface area contributed by atoms with Crippen molar-refractivity contribution in [2.45, 2.75) is 120 Å². The number of ether oxygens (including phenoxy) is 3. The molecule has 2 heterocycles. The zero-order valence-electron chi connectivity index (χ0n) is 24.0. The Hall–Kier alpha value is -2.48. The number of carbonyl (C=O) groups excluding carboxylic acids is 4. The van der Waals surface area contributed by atoms with Crippen LogP contribution in [-0.4, -0.2) is 117 Å². The molecular formula is C25H45N5O12. The van der Waals surface area contributed by atoms with Gasteiger partial charge in [0.05, 0.1) is 18.8 Å². The predicted octanol–water partition coefficient (Wildman–Crippen LogP) is -4.06. The third kappa shape index (κ3) is 9.26. The lowest BCUT2D eigenvalue weighted by atomic mass is 9.83. The average Bonchev–Trinajstić information content (AvgIpc) is 2.96. The molecule has 17 nitrogen and oxygen atoms in total. The fourth-order valence-electron chi connectivity index (χ4n) is 5.09. The van der Waals surface area contributed by atoms with E-state index in [1.807, 2.05) is 19.3 Å². The molecule has 17 heteroatoms. The molecule has 0 saturated carbocycles. The molecule has 2 fully saturated rings. The minimum atomic E-state index is -1.94. The van der Waals surface area contributed by atoms with Crippen LogP contribution in [-0.2, 0) is 33.4 Å². The second kappa shape index (κ2) is 17.0. The topological polar surface area (TPSA) is 271 Å². The predicted molar refractivity (Wildman–Crippen MR) is 142 cm³/mol. The number of aliphatic hydroxyl groups excluding tert-OH is 5. The molecule has 0 spiro atoms. The Morgan fingerprint density at radius 2 is 1.50 bits per heavy atom. The highest BCUT2D eigenvalue weighted by Crippen LogP contribution is 2.33. The second-order valence-electron chi connectivity index (χ2n) is 10.4. The van der Waals surface area contributed by atoms with E-state index in [2.05, 4.69) is 16.2 Å². The van der Waals surface area contributed by atoms with E-state index in [-0.39, 0.29) is 24.7 Å². The molecule has 0 radical (unpaired) electrons. The molecule has 2 aliphatic rings. The quantitative estimate of drug-likeness (QED) is 0.0414. The molecule has 0 aromatic rings. The molecule has 2 aliphatic heterocycles. The first-order valence-electron chi connectivity index (χ1n) is 14.0. The number of hydrazine groups is 2. The van der Waals surface area contributed by atoms with E-state index in [0.717, 1.165) is 0 Å². The van der Waals surface area contributed by atoms with Crippen molar-refractivity contribution in [1.29, 1.82) is 0 Å². The average molecular weight is 608 g/mol. The Morgan fingerprint density at radius 3 is 2.05 bits per heavy atom. The van der Waals surface area contributed by atoms with Crippen molar-refractivity contribution < 1.29 is 58.9 Å². The second-order valence-corrected chi connectivity index (χ2v) is 10.4. The van der Waals surface area contributed by atoms with E-state index < -0.39 is 85.5 Å². The van der Waals surface area contributed by atoms with Crippen LogP contribution in [0.3, 0.4) is 0 Å². The lowest BCUT2D eigenvalue weighted by Gasteiger charge is -2.49. The molecule has 2 saturated heterocycles. The highest BCUT2D eigenvalue weighted by atomic mass is 16.7. The fourth-order valence-corrected chi connectivity index (χ4v) is 5.09. The van der Waals surface area contributed by atoms with Crippen LogP contribution in [0.4, 0.5) is 0 Å². The van der Waals surface area contributed by atoms with Gasteiger partial charge in [-0.15, -0.1) is 0 Å². The van der Waals surface area contributed by atoms with Crippen LogP contribution in [0.2, 0.25) is 0 Å². The summed E-state index contributed by atoms with van der Waals surface area (Å²) in [7, 11) is 0. The third-order valence-corrected chi connectivity index (χ3v) is 7.48. The Bertz CT molecular complexity index is 909. The van der Waals surface area contributed by atoms with Gasteiger partial charge >= 0.3 is 0 Å². The molecule has 2 rings (SSSR count). The van der Waals surface area contributed by atoms with E-state index >= 15 is 0 Å². The lowest BCUT2D eigenvalue weighted by Crippen LogP contribution is -2.69. The van der Waals surface area contributed by atoms with Crippen LogP contribution < -0.4 is 27.4 Å². The third-order valence-electron chi connectivity index (χ3n) is 7.48. The molecule has 0 aromatic carbocycles. The summed E-state index contributed by atoms with van der Waals surface area (Å²) in [6.07, 6.45) is -12.1. The molecule has 0 bridgehead atoms. The molecule has 242 valence electrons. The molecular weight excluding hydrogens is 562 g/mol. The normalized spacial score (nSPS) is 33.1. The maximum atomic E-state index is 12.8. The van der Waals surface area contributed by atoms with Crippen molar-refractivity contribution in [2.75, 3.05) is 6.61 Å². The van der Waals surface area contributed by atoms with Gasteiger partial charge in [0.15, 0.2) is 12.4 Å². The summed E-state index contributed by atoms with van der Waals surface area (Å²) < 4.78 is 17.3. The van der Waals surface area contributed by atoms with Gasteiger partial charge in [-0.3, -0.25) is 35.5 Å². The number of nitrogens with one attached hydrogen (secondary N) is 4. The van der Waals surface area contributed by atoms with Crippen molar-refractivity contribution in [2.24, 2.45) is 11.8 Å². The molecule has 4 amide bonds. The standard InChI is InChI=1S/C25H45N5O12/c1-4-12(5-2)21-16(27-11(3)32)22(17(35)13(10-31)40-21)41-25-20(38)18(36)19(37)23(42-25)24(39)30-29-15(34)9-7-6-8-14(33)28-26/h12-13,16-23,25,31,35-38H,4-10,26H2,1-3H3,(H,27,32)(H,28,33)(H,29,34)(H,30,39). The van der Waals surface area contributed by atoms with Crippen LogP contribution >= 0.6 is 0 Å². The highest BCUT2D eigenvalue weighted by molar-refractivity contribution is 5.85. The maximum Gasteiger partial charge on any atom is 0.270 e. The minimum Gasteiger partial charge on any atom is -0.394 e. The molecule has 42 heavy (non-hydrogen) atoms. The number of amides is 4. The summed E-state index contributed by atoms with van der Waals surface area (Å²) in [6.45, 7) is 4.48. The molecule has 11 N–H and O–H groups in total. The zero-order chi connectivity index (χ0) is 31.6. The molecule has 0 aromatic heterocycles. The summed E-state index contributed by atoms with van der Waals surface area (Å²) in [5, 5.41) is 55.1. The number of carbonyl (C=O) groups is 4. The zero-order valence-corrected chi connectivity index (χ0v) is 24.0. The van der Waals surface area contributed by atoms with Gasteiger partial charge in [-0.05, 0) is 18.8 Å². The van der Waals surface area contributed by atoms with E-state index in [1.54, 1.807) is 0 Å². The highest BCUT2D eigenvalue weighted by Gasteiger charge is 2.53. The lowest BCUT2D eigenvalue weighted by molar-refractivity contribution is -0.326. The first-order chi connectivity index (χ1) is 19.9. The molecule has 10 unspecified atom stereocenters. The summed E-state index contributed by atoms with van der Waals surface area (Å²) in [5.74, 6) is 2.31. The van der Waals surface area contributed by atoms with E-state index in [4.69, 9.17) is 20.1 Å². The van der Waals surface area contributed by atoms with Crippen molar-refractivity contribution in [3.8, 4) is 0 Å². The van der Waals surface area contributed by atoms with E-state index in [0.29, 0.717) is 25.7 Å². The van der Waals surface area contributed by atoms with Crippen molar-refractivity contribution in [3.63, 3.8) is 0 Å². The van der Waals surface area contributed by atoms with Gasteiger partial charge in [-0.25, -0.2) is 5.84 Å². The Kier molecular flexibility index (Phi) is 14.4. The van der Waals surface area contributed by atoms with Crippen LogP contribution in [0, 0.1) is 5.92 Å². The van der Waals surface area contributed by atoms with Gasteiger partial charge in [0.25, 0.3) is 5.91 Å². The first-order valence-corrected chi connectivity index (χ1v) is 14.0. The van der Waals surface area contributed by atoms with Gasteiger partial charge in [-0.1, -0.05) is 26.7 Å². The number of hydrogen-bond donors (Lipinski definition) is 10. The van der Waals surface area contributed by atoms with Gasteiger partial charge in [0.1, 0.15) is 36.6 Å².